The second kappa shape index (κ2) is 10.3. The lowest BCUT2D eigenvalue weighted by Gasteiger charge is -2.17. The molecule has 12 nitrogen and oxygen atoms in total. The van der Waals surface area contributed by atoms with E-state index < -0.39 is 58.7 Å². The van der Waals surface area contributed by atoms with E-state index in [2.05, 4.69) is 19.2 Å². The molecule has 4 atom stereocenters. The van der Waals surface area contributed by atoms with Crippen LogP contribution in [0.2, 0.25) is 0 Å². The Morgan fingerprint density at radius 2 is 1.95 bits per heavy atom. The van der Waals surface area contributed by atoms with E-state index in [0.717, 1.165) is 12.1 Å². The van der Waals surface area contributed by atoms with Crippen molar-refractivity contribution in [1.29, 1.82) is 0 Å². The summed E-state index contributed by atoms with van der Waals surface area (Å²) >= 11 is 0. The molecule has 4 N–H and O–H groups in total. The Kier molecular flexibility index (Phi) is 7.48. The van der Waals surface area contributed by atoms with Crippen LogP contribution in [-0.2, 0) is 33.6 Å². The minimum absolute atomic E-state index is 0.00657. The number of carbonyl (C=O) groups is 1. The molecule has 1 fully saturated rings. The molecule has 200 valence electrons. The zero-order valence-corrected chi connectivity index (χ0v) is 19.8. The van der Waals surface area contributed by atoms with Crippen molar-refractivity contribution in [2.75, 3.05) is 6.61 Å². The highest BCUT2D eigenvalue weighted by molar-refractivity contribution is 7.84. The number of hydrogen-bond donors (Lipinski definition) is 3. The van der Waals surface area contributed by atoms with Gasteiger partial charge in [0.15, 0.2) is 0 Å². The zero-order chi connectivity index (χ0) is 27.0. The van der Waals surface area contributed by atoms with Gasteiger partial charge in [-0.25, -0.2) is 15.1 Å². The number of nitrogens with two attached hydrogens (primary N) is 1. The van der Waals surface area contributed by atoms with E-state index in [4.69, 9.17) is 9.56 Å². The van der Waals surface area contributed by atoms with Gasteiger partial charge < -0.3 is 14.6 Å². The van der Waals surface area contributed by atoms with Gasteiger partial charge in [-0.15, -0.1) is 0 Å². The number of carbonyl (C=O) groups excluding carboxylic acids is 1. The van der Waals surface area contributed by atoms with Gasteiger partial charge in [-0.05, 0) is 37.0 Å². The van der Waals surface area contributed by atoms with Gasteiger partial charge >= 0.3 is 16.5 Å². The van der Waals surface area contributed by atoms with Crippen molar-refractivity contribution >= 4 is 16.1 Å². The third-order valence-electron chi connectivity index (χ3n) is 5.99. The van der Waals surface area contributed by atoms with Crippen LogP contribution >= 0.6 is 0 Å². The first-order valence-electron chi connectivity index (χ1n) is 10.9. The third kappa shape index (κ3) is 6.40. The highest BCUT2D eigenvalue weighted by Gasteiger charge is 2.42. The largest absolute Gasteiger partial charge is 0.455 e. The van der Waals surface area contributed by atoms with Gasteiger partial charge in [0.2, 0.25) is 11.5 Å². The number of halogens is 3. The fraction of sp³-hybridized carbons (Fsp3) is 0.429. The summed E-state index contributed by atoms with van der Waals surface area (Å²) in [6, 6.07) is 3.34. The first-order valence-corrected chi connectivity index (χ1v) is 12.3. The average molecular weight is 545 g/mol. The van der Waals surface area contributed by atoms with Crippen LogP contribution in [0.1, 0.15) is 39.7 Å². The van der Waals surface area contributed by atoms with E-state index in [1.807, 2.05) is 0 Å². The number of rotatable bonds is 9. The topological polar surface area (TPSA) is 184 Å². The number of aliphatic hydroxyl groups excluding tert-OH is 2. The van der Waals surface area contributed by atoms with Crippen molar-refractivity contribution in [3.05, 3.63) is 65.4 Å². The highest BCUT2D eigenvalue weighted by Crippen LogP contribution is 2.35. The number of aromatic nitrogens is 4. The molecule has 0 aliphatic heterocycles. The predicted octanol–water partition coefficient (Wildman–Crippen LogP) is 0.685. The number of hydrogen-bond acceptors (Lipinski definition) is 10. The molecule has 0 spiro atoms. The van der Waals surface area contributed by atoms with Gasteiger partial charge in [0.25, 0.3) is 0 Å². The average Bonchev–Trinajstić information content (AvgIpc) is 3.54. The molecule has 37 heavy (non-hydrogen) atoms. The van der Waals surface area contributed by atoms with E-state index in [9.17, 15) is 36.6 Å². The maximum Gasteiger partial charge on any atom is 0.449 e. The first kappa shape index (κ1) is 26.9. The molecule has 3 aromatic rings. The Hall–Kier alpha value is -3.18. The van der Waals surface area contributed by atoms with Crippen molar-refractivity contribution in [2.24, 2.45) is 17.0 Å². The summed E-state index contributed by atoms with van der Waals surface area (Å²) in [6.07, 6.45) is -3.02. The molecule has 16 heteroatoms. The van der Waals surface area contributed by atoms with E-state index in [1.54, 1.807) is 0 Å². The summed E-state index contributed by atoms with van der Waals surface area (Å²) in [4.78, 5) is 21.1. The van der Waals surface area contributed by atoms with E-state index in [0.29, 0.717) is 0 Å². The minimum atomic E-state index is -4.62. The van der Waals surface area contributed by atoms with E-state index in [1.165, 1.54) is 29.5 Å². The quantitative estimate of drug-likeness (QED) is 0.323. The van der Waals surface area contributed by atoms with Gasteiger partial charge in [-0.1, -0.05) is 0 Å². The molecule has 0 unspecified atom stereocenters. The van der Waals surface area contributed by atoms with Crippen molar-refractivity contribution in [1.82, 2.24) is 19.7 Å². The van der Waals surface area contributed by atoms with Crippen molar-refractivity contribution in [3.8, 4) is 0 Å². The maximum absolute atomic E-state index is 13.1. The first-order chi connectivity index (χ1) is 17.3. The summed E-state index contributed by atoms with van der Waals surface area (Å²) in [7, 11) is -4.22. The summed E-state index contributed by atoms with van der Waals surface area (Å²) in [5, 5.41) is 29.7. The fourth-order valence-corrected chi connectivity index (χ4v) is 4.58. The molecular formula is C21H22F3N5O7S. The molecule has 0 amide bonds. The normalized spacial score (nSPS) is 22.4. The Bertz CT molecular complexity index is 1370. The maximum atomic E-state index is 13.1. The molecule has 0 aromatic carbocycles. The van der Waals surface area contributed by atoms with Crippen LogP contribution in [0.4, 0.5) is 13.2 Å². The minimum Gasteiger partial charge on any atom is -0.455 e. The summed E-state index contributed by atoms with van der Waals surface area (Å²) in [5.41, 5.74) is 0.320. The van der Waals surface area contributed by atoms with Gasteiger partial charge in [0.05, 0.1) is 36.6 Å². The lowest BCUT2D eigenvalue weighted by Crippen LogP contribution is -2.31. The lowest BCUT2D eigenvalue weighted by atomic mass is 9.95. The smallest absolute Gasteiger partial charge is 0.449 e. The Morgan fingerprint density at radius 3 is 2.62 bits per heavy atom. The van der Waals surface area contributed by atoms with Crippen LogP contribution in [0, 0.1) is 11.8 Å². The number of ketones is 1. The second-order valence-electron chi connectivity index (χ2n) is 8.59. The summed E-state index contributed by atoms with van der Waals surface area (Å²) in [6.45, 7) is -0.559. The molecule has 0 bridgehead atoms. The van der Waals surface area contributed by atoms with Gasteiger partial charge in [-0.2, -0.15) is 26.7 Å². The van der Waals surface area contributed by atoms with Crippen LogP contribution in [0.15, 0.2) is 41.3 Å². The lowest BCUT2D eigenvalue weighted by molar-refractivity contribution is -0.153. The van der Waals surface area contributed by atoms with E-state index >= 15 is 0 Å². The van der Waals surface area contributed by atoms with Gasteiger partial charge in [0.1, 0.15) is 17.8 Å². The van der Waals surface area contributed by atoms with Crippen LogP contribution in [-0.4, -0.2) is 63.0 Å². The molecule has 4 rings (SSSR count). The predicted molar refractivity (Wildman–Crippen MR) is 117 cm³/mol. The monoisotopic (exact) mass is 545 g/mol. The summed E-state index contributed by atoms with van der Waals surface area (Å²) < 4.78 is 70.9. The van der Waals surface area contributed by atoms with Crippen LogP contribution < -0.4 is 5.14 Å². The Balaban J connectivity index is 1.46. The molecule has 3 aromatic heterocycles. The zero-order valence-electron chi connectivity index (χ0n) is 18.9. The van der Waals surface area contributed by atoms with E-state index in [-0.39, 0.29) is 42.1 Å². The summed E-state index contributed by atoms with van der Waals surface area (Å²) in [5.74, 6) is -3.01. The molecule has 1 aliphatic rings. The Morgan fingerprint density at radius 1 is 1.22 bits per heavy atom. The van der Waals surface area contributed by atoms with Crippen molar-refractivity contribution in [3.63, 3.8) is 0 Å². The Labute approximate surface area is 208 Å². The number of aliphatic hydroxyl groups is 2. The number of nitrogens with zero attached hydrogens (tertiary/aromatic N) is 4. The third-order valence-corrected chi connectivity index (χ3v) is 6.46. The number of furan rings is 1. The van der Waals surface area contributed by atoms with Crippen LogP contribution in [0.25, 0.3) is 0 Å². The van der Waals surface area contributed by atoms with Crippen LogP contribution in [0.5, 0.6) is 0 Å². The highest BCUT2D eigenvalue weighted by atomic mass is 32.2. The molecular weight excluding hydrogens is 523 g/mol. The molecule has 1 saturated carbocycles. The van der Waals surface area contributed by atoms with Crippen LogP contribution in [0.3, 0.4) is 0 Å². The van der Waals surface area contributed by atoms with Crippen molar-refractivity contribution in [2.45, 2.75) is 37.8 Å². The number of alkyl halides is 3. The fourth-order valence-electron chi connectivity index (χ4n) is 4.22. The van der Waals surface area contributed by atoms with Gasteiger partial charge in [0, 0.05) is 18.3 Å². The SMILES string of the molecule is NS(=O)(=O)OC[C@H]1C[C@@H](Cc2ncncc2C(=O)c2ccn(Cc3ccc(C(F)(F)F)o3)n2)[C@H](O)[C@@H]1O. The molecule has 0 radical (unpaired) electrons. The molecule has 0 saturated heterocycles. The second-order valence-corrected chi connectivity index (χ2v) is 9.81. The molecule has 1 aliphatic carbocycles. The molecule has 3 heterocycles. The van der Waals surface area contributed by atoms with Gasteiger partial charge in [-0.3, -0.25) is 13.7 Å². The van der Waals surface area contributed by atoms with Crippen molar-refractivity contribution < 1.29 is 45.2 Å². The standard InChI is InChI=1S/C21H22F3N5O7S/c22-21(23,24)17-2-1-13(36-17)8-29-4-3-15(28-29)20(32)14-7-26-10-27-16(14)6-11-5-12(19(31)18(11)30)9-35-37(25,33)34/h1-4,7,10-12,18-19,30-31H,5-6,8-9H2,(H2,25,33,34)/t11-,12+,18-,19+/m0/s1.